The third-order valence-electron chi connectivity index (χ3n) is 3.25. The van der Waals surface area contributed by atoms with Gasteiger partial charge in [-0.1, -0.05) is 27.7 Å². The molecule has 0 fully saturated rings. The number of ether oxygens (including phenoxy) is 1. The summed E-state index contributed by atoms with van der Waals surface area (Å²) in [6, 6.07) is 0. The Balaban J connectivity index is 5.27. The van der Waals surface area contributed by atoms with Crippen LogP contribution in [0.25, 0.3) is 0 Å². The van der Waals surface area contributed by atoms with Crippen molar-refractivity contribution in [2.24, 2.45) is 17.3 Å². The van der Waals surface area contributed by atoms with Crippen molar-refractivity contribution in [3.8, 4) is 0 Å². The monoisotopic (exact) mass is 376 g/mol. The van der Waals surface area contributed by atoms with Crippen molar-refractivity contribution < 1.29 is 38.5 Å². The molecule has 0 radical (unpaired) electrons. The lowest BCUT2D eigenvalue weighted by Crippen LogP contribution is -2.48. The van der Waals surface area contributed by atoms with Crippen LogP contribution in [-0.4, -0.2) is 57.2 Å². The summed E-state index contributed by atoms with van der Waals surface area (Å²) in [5, 5.41) is 9.90. The molecule has 0 aliphatic carbocycles. The molecule has 0 aliphatic rings. The average Bonchev–Trinajstić information content (AvgIpc) is 2.43. The maximum Gasteiger partial charge on any atom is 0.327 e. The fourth-order valence-electron chi connectivity index (χ4n) is 2.02. The normalized spacial score (nSPS) is 14.5. The molecule has 0 rings (SSSR count). The van der Waals surface area contributed by atoms with Crippen LogP contribution in [0.2, 0.25) is 0 Å². The molecular formula is C13H30O8P2. The first kappa shape index (κ1) is 23.5. The maximum atomic E-state index is 9.90. The second-order valence-corrected chi connectivity index (χ2v) is 7.95. The summed E-state index contributed by atoms with van der Waals surface area (Å²) in [4.78, 5) is 36.0. The first-order valence-corrected chi connectivity index (χ1v) is 9.80. The topological polar surface area (TPSA) is 129 Å². The molecule has 10 heteroatoms. The van der Waals surface area contributed by atoms with E-state index in [2.05, 4.69) is 0 Å². The van der Waals surface area contributed by atoms with Gasteiger partial charge in [0.2, 0.25) is 0 Å². The molecule has 0 saturated carbocycles. The summed E-state index contributed by atoms with van der Waals surface area (Å²) < 4.78 is 15.7. The molecule has 0 aliphatic heterocycles. The van der Waals surface area contributed by atoms with Crippen LogP contribution in [0.1, 0.15) is 34.1 Å². The third-order valence-corrected chi connectivity index (χ3v) is 3.97. The van der Waals surface area contributed by atoms with Crippen molar-refractivity contribution in [1.82, 2.24) is 0 Å². The Kier molecular flexibility index (Phi) is 12.3. The Bertz CT molecular complexity index is 290. The van der Waals surface area contributed by atoms with E-state index in [1.54, 1.807) is 0 Å². The van der Waals surface area contributed by atoms with Gasteiger partial charge in [-0.3, -0.25) is 0 Å². The molecule has 0 aromatic heterocycles. The van der Waals surface area contributed by atoms with Gasteiger partial charge in [-0.25, -0.2) is 0 Å². The lowest BCUT2D eigenvalue weighted by Gasteiger charge is -2.39. The van der Waals surface area contributed by atoms with Gasteiger partial charge in [0.1, 0.15) is 0 Å². The van der Waals surface area contributed by atoms with E-state index in [4.69, 9.17) is 33.4 Å². The minimum Gasteiger partial charge on any atom is -0.396 e. The van der Waals surface area contributed by atoms with E-state index in [0.717, 1.165) is 0 Å². The van der Waals surface area contributed by atoms with E-state index in [9.17, 15) is 5.11 Å². The predicted molar refractivity (Wildman–Crippen MR) is 88.2 cm³/mol. The zero-order valence-electron chi connectivity index (χ0n) is 14.1. The maximum absolute atomic E-state index is 9.90. The first-order chi connectivity index (χ1) is 10.6. The highest BCUT2D eigenvalue weighted by Crippen LogP contribution is 2.38. The van der Waals surface area contributed by atoms with Gasteiger partial charge in [0.05, 0.1) is 31.3 Å². The van der Waals surface area contributed by atoms with E-state index < -0.39 is 35.3 Å². The van der Waals surface area contributed by atoms with Crippen LogP contribution in [0.5, 0.6) is 0 Å². The molecule has 140 valence electrons. The Morgan fingerprint density at radius 1 is 0.870 bits per heavy atom. The van der Waals surface area contributed by atoms with Gasteiger partial charge < -0.3 is 38.5 Å². The minimum atomic E-state index is -2.61. The van der Waals surface area contributed by atoms with Crippen LogP contribution in [0.3, 0.4) is 0 Å². The molecule has 0 aromatic rings. The molecule has 0 aromatic carbocycles. The molecular weight excluding hydrogens is 346 g/mol. The molecule has 0 spiro atoms. The van der Waals surface area contributed by atoms with Crippen LogP contribution in [0, 0.1) is 17.3 Å². The minimum absolute atomic E-state index is 0.235. The van der Waals surface area contributed by atoms with Crippen molar-refractivity contribution in [3.63, 3.8) is 0 Å². The number of aliphatic hydroxyl groups excluding tert-OH is 1. The SMILES string of the molecule is CC(C)COC(CC(C)C)C(CO)(COP(O)O)COP(O)O. The smallest absolute Gasteiger partial charge is 0.327 e. The van der Waals surface area contributed by atoms with E-state index in [0.29, 0.717) is 13.0 Å². The van der Waals surface area contributed by atoms with E-state index in [1.165, 1.54) is 0 Å². The number of rotatable bonds is 13. The van der Waals surface area contributed by atoms with Crippen molar-refractivity contribution in [1.29, 1.82) is 0 Å². The highest BCUT2D eigenvalue weighted by atomic mass is 31.2. The highest BCUT2D eigenvalue weighted by molar-refractivity contribution is 7.39. The number of aliphatic hydroxyl groups is 1. The molecule has 5 N–H and O–H groups in total. The summed E-state index contributed by atoms with van der Waals surface area (Å²) in [6.45, 7) is 7.51. The summed E-state index contributed by atoms with van der Waals surface area (Å²) >= 11 is 0. The second kappa shape index (κ2) is 12.0. The zero-order valence-corrected chi connectivity index (χ0v) is 15.9. The van der Waals surface area contributed by atoms with Crippen molar-refractivity contribution in [2.75, 3.05) is 26.4 Å². The van der Waals surface area contributed by atoms with Crippen molar-refractivity contribution in [3.05, 3.63) is 0 Å². The van der Waals surface area contributed by atoms with Crippen LogP contribution >= 0.6 is 17.2 Å². The lowest BCUT2D eigenvalue weighted by atomic mass is 9.80. The van der Waals surface area contributed by atoms with Gasteiger partial charge in [0, 0.05) is 6.61 Å². The van der Waals surface area contributed by atoms with Gasteiger partial charge in [0.25, 0.3) is 0 Å². The van der Waals surface area contributed by atoms with Gasteiger partial charge in [0.15, 0.2) is 0 Å². The Labute approximate surface area is 140 Å². The molecule has 0 amide bonds. The van der Waals surface area contributed by atoms with Crippen LogP contribution in [0.15, 0.2) is 0 Å². The number of hydrogen-bond donors (Lipinski definition) is 5. The fourth-order valence-corrected chi connectivity index (χ4v) is 2.77. The molecule has 8 nitrogen and oxygen atoms in total. The van der Waals surface area contributed by atoms with E-state index >= 15 is 0 Å². The quantitative estimate of drug-likeness (QED) is 0.306. The van der Waals surface area contributed by atoms with Crippen molar-refractivity contribution in [2.45, 2.75) is 40.2 Å². The third kappa shape index (κ3) is 10.2. The first-order valence-electron chi connectivity index (χ1n) is 7.47. The fraction of sp³-hybridized carbons (Fsp3) is 1.00. The van der Waals surface area contributed by atoms with Gasteiger partial charge in [-0.2, -0.15) is 0 Å². The van der Waals surface area contributed by atoms with Crippen LogP contribution in [-0.2, 0) is 13.8 Å². The Morgan fingerprint density at radius 3 is 1.65 bits per heavy atom. The standard InChI is InChI=1S/C13H30O8P2/c1-10(2)5-12(19-6-11(3)4)13(7-14,8-20-22(15)16)9-21-23(17)18/h10-12,14-18H,5-9H2,1-4H3. The van der Waals surface area contributed by atoms with Crippen molar-refractivity contribution >= 4 is 17.2 Å². The van der Waals surface area contributed by atoms with Gasteiger partial charge in [-0.15, -0.1) is 0 Å². The molecule has 1 atom stereocenters. The lowest BCUT2D eigenvalue weighted by molar-refractivity contribution is -0.118. The molecule has 23 heavy (non-hydrogen) atoms. The van der Waals surface area contributed by atoms with E-state index in [-0.39, 0.29) is 25.0 Å². The molecule has 0 bridgehead atoms. The molecule has 0 heterocycles. The summed E-state index contributed by atoms with van der Waals surface area (Å²) in [5.41, 5.74) is -1.13. The summed E-state index contributed by atoms with van der Waals surface area (Å²) in [7, 11) is -5.21. The zero-order chi connectivity index (χ0) is 18.0. The van der Waals surface area contributed by atoms with Gasteiger partial charge in [-0.05, 0) is 18.3 Å². The second-order valence-electron chi connectivity index (χ2n) is 6.42. The Hall–Kier alpha value is 0.540. The summed E-state index contributed by atoms with van der Waals surface area (Å²) in [5.74, 6) is 0.510. The average molecular weight is 376 g/mol. The number of hydrogen-bond acceptors (Lipinski definition) is 8. The van der Waals surface area contributed by atoms with Crippen LogP contribution in [0.4, 0.5) is 0 Å². The highest BCUT2D eigenvalue weighted by Gasteiger charge is 2.42. The Morgan fingerprint density at radius 2 is 1.35 bits per heavy atom. The summed E-state index contributed by atoms with van der Waals surface area (Å²) in [6.07, 6.45) is 0.0728. The van der Waals surface area contributed by atoms with E-state index in [1.807, 2.05) is 27.7 Å². The molecule has 1 unspecified atom stereocenters. The predicted octanol–water partition coefficient (Wildman–Crippen LogP) is 1.51. The molecule has 0 saturated heterocycles. The van der Waals surface area contributed by atoms with Crippen LogP contribution < -0.4 is 0 Å². The largest absolute Gasteiger partial charge is 0.396 e. The van der Waals surface area contributed by atoms with Gasteiger partial charge >= 0.3 is 17.2 Å².